The van der Waals surface area contributed by atoms with Crippen molar-refractivity contribution in [3.8, 4) is 17.3 Å². The first-order chi connectivity index (χ1) is 27.1. The first kappa shape index (κ1) is 45.1. The molecule has 0 saturated heterocycles. The van der Waals surface area contributed by atoms with Crippen LogP contribution < -0.4 is 15.4 Å². The minimum atomic E-state index is -0.436. The highest BCUT2D eigenvalue weighted by atomic mass is 35.5. The van der Waals surface area contributed by atoms with Crippen LogP contribution in [0.15, 0.2) is 53.5 Å². The number of ether oxygens (including phenoxy) is 2. The van der Waals surface area contributed by atoms with E-state index in [2.05, 4.69) is 65.5 Å². The molecule has 0 saturated carbocycles. The summed E-state index contributed by atoms with van der Waals surface area (Å²) < 4.78 is 13.9. The Balaban J connectivity index is 1.20. The predicted molar refractivity (Wildman–Crippen MR) is 232 cm³/mol. The Morgan fingerprint density at radius 3 is 2.14 bits per heavy atom. The first-order valence-corrected chi connectivity index (χ1v) is 21.6. The Labute approximate surface area is 344 Å². The molecule has 2 aromatic heterocycles. The highest BCUT2D eigenvalue weighted by molar-refractivity contribution is 6.35. The molecule has 0 fully saturated rings. The van der Waals surface area contributed by atoms with Gasteiger partial charge in [-0.3, -0.25) is 9.89 Å². The van der Waals surface area contributed by atoms with E-state index in [0.717, 1.165) is 24.8 Å². The SMILES string of the molecule is CCCCCCCCCCCCCCCCCC(=O)Nc1ccc(Cl)c(N=COC(NCOc2[nH]n3c(-c4ccccc4)nnc3c2Cl)C(C)CC(C)(C)C)c1. The fraction of sp³-hybridized carbons (Fsp3) is 0.591. The van der Waals surface area contributed by atoms with E-state index in [1.165, 1.54) is 89.9 Å². The Hall–Kier alpha value is -3.60. The fourth-order valence-electron chi connectivity index (χ4n) is 7.03. The van der Waals surface area contributed by atoms with Gasteiger partial charge in [-0.25, -0.2) is 14.8 Å². The van der Waals surface area contributed by atoms with Crippen LogP contribution in [0.1, 0.15) is 144 Å². The van der Waals surface area contributed by atoms with E-state index in [1.54, 1.807) is 22.7 Å². The topological polar surface area (TPSA) is 118 Å². The summed E-state index contributed by atoms with van der Waals surface area (Å²) in [6, 6.07) is 15.0. The molecule has 4 rings (SSSR count). The van der Waals surface area contributed by atoms with E-state index < -0.39 is 6.23 Å². The number of halogens is 2. The molecule has 2 heterocycles. The number of aromatic amines is 1. The number of benzene rings is 2. The number of hydrogen-bond acceptors (Lipinski definition) is 7. The highest BCUT2D eigenvalue weighted by Gasteiger charge is 2.25. The van der Waals surface area contributed by atoms with E-state index in [9.17, 15) is 4.79 Å². The zero-order valence-corrected chi connectivity index (χ0v) is 35.9. The molecule has 4 aromatic rings. The quantitative estimate of drug-likeness (QED) is 0.0239. The minimum Gasteiger partial charge on any atom is -0.464 e. The van der Waals surface area contributed by atoms with Crippen LogP contribution in [0.4, 0.5) is 11.4 Å². The number of anilines is 1. The van der Waals surface area contributed by atoms with Crippen LogP contribution in [0.25, 0.3) is 17.0 Å². The first-order valence-electron chi connectivity index (χ1n) is 20.9. The van der Waals surface area contributed by atoms with Crippen LogP contribution in [0.3, 0.4) is 0 Å². The van der Waals surface area contributed by atoms with Crippen molar-refractivity contribution in [1.82, 2.24) is 25.1 Å². The molecule has 0 spiro atoms. The lowest BCUT2D eigenvalue weighted by atomic mass is 9.85. The third-order valence-corrected chi connectivity index (χ3v) is 10.6. The number of hydrogen-bond donors (Lipinski definition) is 3. The van der Waals surface area contributed by atoms with E-state index >= 15 is 0 Å². The van der Waals surface area contributed by atoms with Gasteiger partial charge in [0.05, 0.1) is 10.7 Å². The average molecular weight is 811 g/mol. The summed E-state index contributed by atoms with van der Waals surface area (Å²) in [6.07, 6.45) is 21.8. The summed E-state index contributed by atoms with van der Waals surface area (Å²) in [5, 5.41) is 18.8. The molecule has 2 aromatic carbocycles. The van der Waals surface area contributed by atoms with Crippen molar-refractivity contribution in [2.24, 2.45) is 16.3 Å². The third kappa shape index (κ3) is 15.7. The number of aliphatic imine (C=N–C) groups is 1. The molecule has 2 unspecified atom stereocenters. The largest absolute Gasteiger partial charge is 0.464 e. The summed E-state index contributed by atoms with van der Waals surface area (Å²) in [6.45, 7) is 11.1. The lowest BCUT2D eigenvalue weighted by molar-refractivity contribution is -0.116. The van der Waals surface area contributed by atoms with E-state index in [1.807, 2.05) is 30.3 Å². The van der Waals surface area contributed by atoms with Crippen LogP contribution in [0.5, 0.6) is 5.88 Å². The van der Waals surface area contributed by atoms with Gasteiger partial charge in [-0.15, -0.1) is 10.2 Å². The minimum absolute atomic E-state index is 0.00323. The third-order valence-electron chi connectivity index (χ3n) is 9.89. The molecule has 0 aliphatic rings. The summed E-state index contributed by atoms with van der Waals surface area (Å²) in [5.41, 5.74) is 2.59. The summed E-state index contributed by atoms with van der Waals surface area (Å²) in [7, 11) is 0. The molecular weight excluding hydrogens is 745 g/mol. The number of fused-ring (bicyclic) bond motifs is 1. The molecule has 0 aliphatic carbocycles. The van der Waals surface area contributed by atoms with Gasteiger partial charge in [-0.05, 0) is 36.5 Å². The Bertz CT molecular complexity index is 1750. The Morgan fingerprint density at radius 1 is 0.893 bits per heavy atom. The summed E-state index contributed by atoms with van der Waals surface area (Å²) >= 11 is 13.1. The molecule has 0 radical (unpaired) electrons. The lowest BCUT2D eigenvalue weighted by Gasteiger charge is -2.29. The normalized spacial score (nSPS) is 13.1. The summed E-state index contributed by atoms with van der Waals surface area (Å²) in [4.78, 5) is 17.3. The number of rotatable bonds is 27. The number of H-pyrrole nitrogens is 1. The lowest BCUT2D eigenvalue weighted by Crippen LogP contribution is -2.40. The van der Waals surface area contributed by atoms with Gasteiger partial charge in [0.1, 0.15) is 11.8 Å². The van der Waals surface area contributed by atoms with Crippen LogP contribution in [0.2, 0.25) is 10.0 Å². The number of nitrogens with zero attached hydrogens (tertiary/aromatic N) is 4. The number of amides is 1. The molecule has 0 bridgehead atoms. The Morgan fingerprint density at radius 2 is 1.52 bits per heavy atom. The molecule has 10 nitrogen and oxygen atoms in total. The zero-order valence-electron chi connectivity index (χ0n) is 34.3. The van der Waals surface area contributed by atoms with E-state index in [0.29, 0.717) is 45.2 Å². The zero-order chi connectivity index (χ0) is 40.2. The number of aromatic nitrogens is 4. The van der Waals surface area contributed by atoms with Crippen LogP contribution in [-0.4, -0.2) is 45.1 Å². The van der Waals surface area contributed by atoms with Crippen LogP contribution >= 0.6 is 23.2 Å². The van der Waals surface area contributed by atoms with Gasteiger partial charge < -0.3 is 14.8 Å². The van der Waals surface area contributed by atoms with Gasteiger partial charge in [-0.1, -0.05) is 178 Å². The average Bonchev–Trinajstić information content (AvgIpc) is 3.72. The molecule has 1 amide bonds. The van der Waals surface area contributed by atoms with Crippen molar-refractivity contribution in [1.29, 1.82) is 0 Å². The fourth-order valence-corrected chi connectivity index (χ4v) is 7.41. The van der Waals surface area contributed by atoms with Gasteiger partial charge >= 0.3 is 0 Å². The van der Waals surface area contributed by atoms with Gasteiger partial charge in [0.15, 0.2) is 24.1 Å². The number of carbonyl (C=O) groups excluding carboxylic acids is 1. The van der Waals surface area contributed by atoms with Crippen molar-refractivity contribution < 1.29 is 14.3 Å². The molecule has 308 valence electrons. The molecule has 0 aliphatic heterocycles. The van der Waals surface area contributed by atoms with Gasteiger partial charge in [0, 0.05) is 23.6 Å². The van der Waals surface area contributed by atoms with Gasteiger partial charge in [0.2, 0.25) is 11.8 Å². The summed E-state index contributed by atoms with van der Waals surface area (Å²) in [5.74, 6) is 1.08. The second kappa shape index (κ2) is 24.2. The van der Waals surface area contributed by atoms with Crippen molar-refractivity contribution in [2.75, 3.05) is 12.0 Å². The standard InChI is InChI=1S/C44H65Cl2N7O3/c1-6-7-8-9-10-11-12-13-14-15-16-17-18-19-23-26-38(54)49-35-27-28-36(45)37(29-35)47-31-55-42(33(2)30-44(3,4)5)48-32-56-43-39(46)41-51-50-40(53(41)52-43)34-24-21-20-22-25-34/h20-22,24-25,27-29,31,33,42,48,52H,6-19,23,26,30,32H2,1-5H3,(H,49,54). The maximum atomic E-state index is 12.7. The molecule has 12 heteroatoms. The maximum absolute atomic E-state index is 12.7. The Kier molecular flexibility index (Phi) is 19.5. The van der Waals surface area contributed by atoms with Crippen LogP contribution in [0, 0.1) is 11.3 Å². The maximum Gasteiger partial charge on any atom is 0.230 e. The van der Waals surface area contributed by atoms with Gasteiger partial charge in [-0.2, -0.15) is 0 Å². The number of nitrogens with one attached hydrogen (secondary N) is 3. The van der Waals surface area contributed by atoms with E-state index in [4.69, 9.17) is 32.7 Å². The molecule has 3 N–H and O–H groups in total. The van der Waals surface area contributed by atoms with E-state index in [-0.39, 0.29) is 24.0 Å². The number of unbranched alkanes of at least 4 members (excludes halogenated alkanes) is 14. The highest BCUT2D eigenvalue weighted by Crippen LogP contribution is 2.31. The second-order valence-corrected chi connectivity index (χ2v) is 17.0. The van der Waals surface area contributed by atoms with Crippen molar-refractivity contribution >= 4 is 52.5 Å². The van der Waals surface area contributed by atoms with Crippen molar-refractivity contribution in [3.63, 3.8) is 0 Å². The van der Waals surface area contributed by atoms with Gasteiger partial charge in [0.25, 0.3) is 0 Å². The molecular formula is C44H65Cl2N7O3. The number of carbonyl (C=O) groups is 1. The smallest absolute Gasteiger partial charge is 0.230 e. The molecule has 56 heavy (non-hydrogen) atoms. The molecule has 2 atom stereocenters. The second-order valence-electron chi connectivity index (χ2n) is 16.2. The van der Waals surface area contributed by atoms with Crippen LogP contribution in [-0.2, 0) is 9.53 Å². The monoisotopic (exact) mass is 809 g/mol. The van der Waals surface area contributed by atoms with Crippen molar-refractivity contribution in [2.45, 2.75) is 150 Å². The predicted octanol–water partition coefficient (Wildman–Crippen LogP) is 12.9. The van der Waals surface area contributed by atoms with Crippen molar-refractivity contribution in [3.05, 3.63) is 58.6 Å².